The van der Waals surface area contributed by atoms with E-state index in [4.69, 9.17) is 5.11 Å². The molecule has 0 radical (unpaired) electrons. The number of carboxylic acids is 1. The van der Waals surface area contributed by atoms with Gasteiger partial charge >= 0.3 is 12.1 Å². The lowest BCUT2D eigenvalue weighted by atomic mass is 10.2. The molecule has 0 saturated carbocycles. The van der Waals surface area contributed by atoms with Gasteiger partial charge in [0.2, 0.25) is 0 Å². The number of nitrogens with one attached hydrogen (secondary N) is 2. The minimum atomic E-state index is -1.15. The van der Waals surface area contributed by atoms with Crippen LogP contribution in [0.1, 0.15) is 10.5 Å². The standard InChI is InChI=1S/C11H10N2O4/c1-17-11(16)13-8-6-4-2-3-5-7(6)12-9(8)10(14)15/h2-5,12H,1H3,(H,13,16)(H,14,15). The molecule has 2 rings (SSSR count). The number of aromatic carboxylic acids is 1. The first-order valence-electron chi connectivity index (χ1n) is 4.82. The molecular formula is C11H10N2O4. The minimum Gasteiger partial charge on any atom is -0.477 e. The number of hydrogen-bond acceptors (Lipinski definition) is 3. The smallest absolute Gasteiger partial charge is 0.411 e. The first kappa shape index (κ1) is 11.0. The zero-order valence-corrected chi connectivity index (χ0v) is 8.98. The Balaban J connectivity index is 2.59. The number of aromatic amines is 1. The summed E-state index contributed by atoms with van der Waals surface area (Å²) in [5.41, 5.74) is 0.771. The van der Waals surface area contributed by atoms with Gasteiger partial charge in [0.25, 0.3) is 0 Å². The summed E-state index contributed by atoms with van der Waals surface area (Å²) < 4.78 is 4.45. The Morgan fingerprint density at radius 3 is 2.71 bits per heavy atom. The van der Waals surface area contributed by atoms with Crippen LogP contribution in [-0.2, 0) is 4.74 Å². The number of carboxylic acid groups (broad SMARTS) is 1. The Morgan fingerprint density at radius 2 is 2.06 bits per heavy atom. The van der Waals surface area contributed by atoms with Crippen LogP contribution in [0.25, 0.3) is 10.9 Å². The van der Waals surface area contributed by atoms with E-state index in [2.05, 4.69) is 15.0 Å². The van der Waals surface area contributed by atoms with Crippen molar-refractivity contribution in [1.29, 1.82) is 0 Å². The summed E-state index contributed by atoms with van der Waals surface area (Å²) in [6, 6.07) is 6.96. The molecule has 1 amide bonds. The maximum Gasteiger partial charge on any atom is 0.411 e. The van der Waals surface area contributed by atoms with E-state index in [1.54, 1.807) is 24.3 Å². The molecule has 0 aliphatic heterocycles. The van der Waals surface area contributed by atoms with E-state index in [0.29, 0.717) is 10.9 Å². The topological polar surface area (TPSA) is 91.4 Å². The fraction of sp³-hybridized carbons (Fsp3) is 0.0909. The highest BCUT2D eigenvalue weighted by atomic mass is 16.5. The molecule has 1 aromatic heterocycles. The number of carbonyl (C=O) groups is 2. The molecular weight excluding hydrogens is 224 g/mol. The van der Waals surface area contributed by atoms with Gasteiger partial charge in [0.15, 0.2) is 0 Å². The second-order valence-corrected chi connectivity index (χ2v) is 3.34. The molecule has 3 N–H and O–H groups in total. The number of carbonyl (C=O) groups excluding carboxylic acids is 1. The highest BCUT2D eigenvalue weighted by molar-refractivity contribution is 6.09. The second-order valence-electron chi connectivity index (χ2n) is 3.34. The summed E-state index contributed by atoms with van der Waals surface area (Å²) in [7, 11) is 1.21. The number of anilines is 1. The zero-order valence-electron chi connectivity index (χ0n) is 8.98. The van der Waals surface area contributed by atoms with E-state index in [-0.39, 0.29) is 11.4 Å². The SMILES string of the molecule is COC(=O)Nc1c(C(=O)O)[nH]c2ccccc12. The van der Waals surface area contributed by atoms with E-state index in [9.17, 15) is 9.59 Å². The van der Waals surface area contributed by atoms with Crippen LogP contribution in [0, 0.1) is 0 Å². The van der Waals surface area contributed by atoms with Gasteiger partial charge in [-0.05, 0) is 6.07 Å². The molecule has 0 fully saturated rings. The van der Waals surface area contributed by atoms with Crippen LogP contribution in [-0.4, -0.2) is 29.3 Å². The number of aromatic nitrogens is 1. The molecule has 0 unspecified atom stereocenters. The van der Waals surface area contributed by atoms with Crippen molar-refractivity contribution >= 4 is 28.7 Å². The third kappa shape index (κ3) is 1.92. The van der Waals surface area contributed by atoms with Crippen molar-refractivity contribution in [2.75, 3.05) is 12.4 Å². The largest absolute Gasteiger partial charge is 0.477 e. The van der Waals surface area contributed by atoms with Crippen LogP contribution < -0.4 is 5.32 Å². The number of benzene rings is 1. The van der Waals surface area contributed by atoms with Crippen LogP contribution in [0.5, 0.6) is 0 Å². The maximum atomic E-state index is 11.2. The van der Waals surface area contributed by atoms with Gasteiger partial charge in [-0.2, -0.15) is 0 Å². The van der Waals surface area contributed by atoms with Crippen LogP contribution in [0.4, 0.5) is 10.5 Å². The maximum absolute atomic E-state index is 11.2. The summed E-state index contributed by atoms with van der Waals surface area (Å²) in [6.45, 7) is 0. The average Bonchev–Trinajstić information content (AvgIpc) is 2.68. The van der Waals surface area contributed by atoms with E-state index in [0.717, 1.165) is 0 Å². The van der Waals surface area contributed by atoms with Crippen molar-refractivity contribution in [3.05, 3.63) is 30.0 Å². The molecule has 6 nitrogen and oxygen atoms in total. The highest BCUT2D eigenvalue weighted by Gasteiger charge is 2.18. The van der Waals surface area contributed by atoms with Crippen LogP contribution in [0.2, 0.25) is 0 Å². The van der Waals surface area contributed by atoms with E-state index in [1.807, 2.05) is 0 Å². The number of rotatable bonds is 2. The Labute approximate surface area is 96.2 Å². The third-order valence-electron chi connectivity index (χ3n) is 2.33. The number of para-hydroxylation sites is 1. The van der Waals surface area contributed by atoms with E-state index < -0.39 is 12.1 Å². The lowest BCUT2D eigenvalue weighted by molar-refractivity contribution is 0.0692. The van der Waals surface area contributed by atoms with Gasteiger partial charge in [-0.25, -0.2) is 9.59 Å². The van der Waals surface area contributed by atoms with Crippen molar-refractivity contribution < 1.29 is 19.4 Å². The molecule has 17 heavy (non-hydrogen) atoms. The summed E-state index contributed by atoms with van der Waals surface area (Å²) >= 11 is 0. The third-order valence-corrected chi connectivity index (χ3v) is 2.33. The predicted molar refractivity (Wildman–Crippen MR) is 61.3 cm³/mol. The van der Waals surface area contributed by atoms with Crippen LogP contribution >= 0.6 is 0 Å². The molecule has 0 spiro atoms. The fourth-order valence-corrected chi connectivity index (χ4v) is 1.59. The minimum absolute atomic E-state index is 0.0726. The number of H-pyrrole nitrogens is 1. The van der Waals surface area contributed by atoms with Gasteiger partial charge in [0.05, 0.1) is 12.8 Å². The average molecular weight is 234 g/mol. The molecule has 1 heterocycles. The predicted octanol–water partition coefficient (Wildman–Crippen LogP) is 2.04. The summed E-state index contributed by atoms with van der Waals surface area (Å²) in [5.74, 6) is -1.15. The van der Waals surface area contributed by atoms with Crippen molar-refractivity contribution in [2.45, 2.75) is 0 Å². The Morgan fingerprint density at radius 1 is 1.35 bits per heavy atom. The van der Waals surface area contributed by atoms with Crippen molar-refractivity contribution in [3.63, 3.8) is 0 Å². The molecule has 6 heteroatoms. The normalized spacial score (nSPS) is 10.2. The van der Waals surface area contributed by atoms with E-state index in [1.165, 1.54) is 7.11 Å². The molecule has 0 saturated heterocycles. The molecule has 1 aromatic carbocycles. The summed E-state index contributed by atoms with van der Waals surface area (Å²) in [6.07, 6.45) is -0.711. The van der Waals surface area contributed by atoms with Gasteiger partial charge in [-0.1, -0.05) is 18.2 Å². The monoisotopic (exact) mass is 234 g/mol. The van der Waals surface area contributed by atoms with Gasteiger partial charge in [-0.3, -0.25) is 5.32 Å². The molecule has 0 aliphatic rings. The van der Waals surface area contributed by atoms with E-state index >= 15 is 0 Å². The first-order valence-corrected chi connectivity index (χ1v) is 4.82. The Hall–Kier alpha value is -2.50. The number of amides is 1. The van der Waals surface area contributed by atoms with Crippen LogP contribution in [0.3, 0.4) is 0 Å². The van der Waals surface area contributed by atoms with Gasteiger partial charge in [0, 0.05) is 10.9 Å². The molecule has 2 aromatic rings. The lowest BCUT2D eigenvalue weighted by Gasteiger charge is -2.03. The number of ether oxygens (including phenoxy) is 1. The summed E-state index contributed by atoms with van der Waals surface area (Å²) in [4.78, 5) is 24.9. The van der Waals surface area contributed by atoms with Gasteiger partial charge < -0.3 is 14.8 Å². The molecule has 88 valence electrons. The van der Waals surface area contributed by atoms with Gasteiger partial charge in [0.1, 0.15) is 5.69 Å². The lowest BCUT2D eigenvalue weighted by Crippen LogP contribution is -2.13. The highest BCUT2D eigenvalue weighted by Crippen LogP contribution is 2.27. The second kappa shape index (κ2) is 4.17. The van der Waals surface area contributed by atoms with Crippen molar-refractivity contribution in [2.24, 2.45) is 0 Å². The first-order chi connectivity index (χ1) is 8.13. The summed E-state index contributed by atoms with van der Waals surface area (Å²) in [5, 5.41) is 12.0. The zero-order chi connectivity index (χ0) is 12.4. The molecule has 0 aliphatic carbocycles. The number of hydrogen-bond donors (Lipinski definition) is 3. The van der Waals surface area contributed by atoms with Crippen molar-refractivity contribution in [1.82, 2.24) is 4.98 Å². The fourth-order valence-electron chi connectivity index (χ4n) is 1.59. The van der Waals surface area contributed by atoms with Crippen molar-refractivity contribution in [3.8, 4) is 0 Å². The quantitative estimate of drug-likeness (QED) is 0.741. The molecule has 0 bridgehead atoms. The number of fused-ring (bicyclic) bond motifs is 1. The number of methoxy groups -OCH3 is 1. The molecule has 0 atom stereocenters. The Bertz CT molecular complexity index is 588. The van der Waals surface area contributed by atoms with Gasteiger partial charge in [-0.15, -0.1) is 0 Å². The Kier molecular flexibility index (Phi) is 2.70. The van der Waals surface area contributed by atoms with Crippen LogP contribution in [0.15, 0.2) is 24.3 Å².